The number of hydrogen-bond acceptors (Lipinski definition) is 5. The van der Waals surface area contributed by atoms with Crippen molar-refractivity contribution in [3.8, 4) is 11.3 Å². The van der Waals surface area contributed by atoms with Crippen molar-refractivity contribution in [3.63, 3.8) is 0 Å². The summed E-state index contributed by atoms with van der Waals surface area (Å²) in [5.41, 5.74) is 3.04. The van der Waals surface area contributed by atoms with Crippen molar-refractivity contribution in [1.29, 1.82) is 0 Å². The quantitative estimate of drug-likeness (QED) is 0.439. The summed E-state index contributed by atoms with van der Waals surface area (Å²) in [6.45, 7) is 0. The fourth-order valence-corrected chi connectivity index (χ4v) is 3.67. The maximum absolute atomic E-state index is 13.2. The molecule has 10 heteroatoms. The fourth-order valence-electron chi connectivity index (χ4n) is 3.13. The molecule has 4 aromatic rings. The van der Waals surface area contributed by atoms with Gasteiger partial charge in [-0.1, -0.05) is 0 Å². The van der Waals surface area contributed by atoms with Crippen LogP contribution < -0.4 is 10.2 Å². The van der Waals surface area contributed by atoms with E-state index in [9.17, 15) is 14.0 Å². The van der Waals surface area contributed by atoms with Crippen molar-refractivity contribution < 1.29 is 18.7 Å². The first kappa shape index (κ1) is 21.4. The third-order valence-electron chi connectivity index (χ3n) is 4.80. The molecule has 0 bridgehead atoms. The lowest BCUT2D eigenvalue weighted by Crippen LogP contribution is -2.26. The Morgan fingerprint density at radius 3 is 2.53 bits per heavy atom. The van der Waals surface area contributed by atoms with Crippen molar-refractivity contribution in [2.75, 3.05) is 24.4 Å². The van der Waals surface area contributed by atoms with Gasteiger partial charge in [0.05, 0.1) is 29.0 Å². The lowest BCUT2D eigenvalue weighted by molar-refractivity contribution is 0.0992. The Morgan fingerprint density at radius 2 is 1.88 bits per heavy atom. The van der Waals surface area contributed by atoms with E-state index in [4.69, 9.17) is 0 Å². The molecule has 2 amide bonds. The van der Waals surface area contributed by atoms with E-state index in [-0.39, 0.29) is 11.7 Å². The van der Waals surface area contributed by atoms with Crippen molar-refractivity contribution >= 4 is 45.1 Å². The molecule has 0 saturated carbocycles. The molecular formula is C22H17BrFN5O3. The Labute approximate surface area is 190 Å². The molecule has 0 aliphatic rings. The van der Waals surface area contributed by atoms with Crippen molar-refractivity contribution in [1.82, 2.24) is 14.4 Å². The summed E-state index contributed by atoms with van der Waals surface area (Å²) in [7, 11) is 2.89. The summed E-state index contributed by atoms with van der Waals surface area (Å²) in [6.07, 6.45) is 4.33. The summed E-state index contributed by atoms with van der Waals surface area (Å²) in [5, 5.41) is 2.49. The normalized spacial score (nSPS) is 10.8. The van der Waals surface area contributed by atoms with Gasteiger partial charge in [-0.05, 0) is 58.4 Å². The number of hydrogen-bond donors (Lipinski definition) is 1. The Hall–Kier alpha value is -3.79. The molecule has 3 heterocycles. The summed E-state index contributed by atoms with van der Waals surface area (Å²) in [5.74, 6) is -0.301. The molecule has 8 nitrogen and oxygen atoms in total. The number of imidazole rings is 1. The number of aromatic nitrogens is 3. The van der Waals surface area contributed by atoms with Gasteiger partial charge in [-0.15, -0.1) is 0 Å². The molecule has 0 spiro atoms. The molecule has 1 aromatic carbocycles. The molecule has 1 N–H and O–H groups in total. The number of halogens is 2. The monoisotopic (exact) mass is 497 g/mol. The highest BCUT2D eigenvalue weighted by Crippen LogP contribution is 2.27. The van der Waals surface area contributed by atoms with Gasteiger partial charge in [0, 0.05) is 30.7 Å². The minimum Gasteiger partial charge on any atom is -0.453 e. The SMILES string of the molecule is COC(=O)Nc1ccc(-c2cnc3c(Br)cc(C(=O)N(C)c4ccc(F)cc4)cn23)cn1. The van der Waals surface area contributed by atoms with Crippen LogP contribution in [0.4, 0.5) is 20.7 Å². The molecule has 0 radical (unpaired) electrons. The Bertz CT molecular complexity index is 1310. The molecule has 0 fully saturated rings. The molecule has 4 rings (SSSR count). The summed E-state index contributed by atoms with van der Waals surface area (Å²) in [6, 6.07) is 10.8. The highest BCUT2D eigenvalue weighted by molar-refractivity contribution is 9.10. The maximum atomic E-state index is 13.2. The second-order valence-electron chi connectivity index (χ2n) is 6.80. The predicted octanol–water partition coefficient (Wildman–Crippen LogP) is 4.75. The van der Waals surface area contributed by atoms with Gasteiger partial charge >= 0.3 is 6.09 Å². The van der Waals surface area contributed by atoms with Crippen LogP contribution in [0.1, 0.15) is 10.4 Å². The van der Waals surface area contributed by atoms with Crippen molar-refractivity contribution in [2.24, 2.45) is 0 Å². The number of amides is 2. The van der Waals surface area contributed by atoms with Gasteiger partial charge in [0.15, 0.2) is 5.65 Å². The summed E-state index contributed by atoms with van der Waals surface area (Å²) >= 11 is 3.48. The Morgan fingerprint density at radius 1 is 1.12 bits per heavy atom. The van der Waals surface area contributed by atoms with E-state index in [0.29, 0.717) is 32.9 Å². The molecular weight excluding hydrogens is 481 g/mol. The third-order valence-corrected chi connectivity index (χ3v) is 5.38. The highest BCUT2D eigenvalue weighted by Gasteiger charge is 2.18. The number of carbonyl (C=O) groups is 2. The zero-order chi connectivity index (χ0) is 22.8. The zero-order valence-corrected chi connectivity index (χ0v) is 18.6. The summed E-state index contributed by atoms with van der Waals surface area (Å²) in [4.78, 5) is 34.5. The van der Waals surface area contributed by atoms with Crippen LogP contribution in [-0.2, 0) is 4.74 Å². The van der Waals surface area contributed by atoms with Gasteiger partial charge in [-0.25, -0.2) is 19.2 Å². The number of carbonyl (C=O) groups excluding carboxylic acids is 2. The average Bonchev–Trinajstić information content (AvgIpc) is 3.23. The molecule has 0 saturated heterocycles. The van der Waals surface area contributed by atoms with Crippen LogP contribution in [0, 0.1) is 5.82 Å². The first-order valence-corrected chi connectivity index (χ1v) is 10.2. The molecule has 0 aliphatic carbocycles. The first-order chi connectivity index (χ1) is 15.4. The van der Waals surface area contributed by atoms with E-state index in [1.165, 1.54) is 24.1 Å². The largest absolute Gasteiger partial charge is 0.453 e. The Kier molecular flexibility index (Phi) is 5.87. The second-order valence-corrected chi connectivity index (χ2v) is 7.66. The maximum Gasteiger partial charge on any atom is 0.412 e. The minimum absolute atomic E-state index is 0.269. The van der Waals surface area contributed by atoms with Crippen LogP contribution in [0.2, 0.25) is 0 Å². The number of nitrogens with zero attached hydrogens (tertiary/aromatic N) is 4. The van der Waals surface area contributed by atoms with E-state index in [0.717, 1.165) is 5.56 Å². The second kappa shape index (κ2) is 8.75. The zero-order valence-electron chi connectivity index (χ0n) is 17.0. The van der Waals surface area contributed by atoms with Crippen LogP contribution >= 0.6 is 15.9 Å². The number of fused-ring (bicyclic) bond motifs is 1. The number of benzene rings is 1. The van der Waals surface area contributed by atoms with Gasteiger partial charge in [-0.3, -0.25) is 14.5 Å². The lowest BCUT2D eigenvalue weighted by Gasteiger charge is -2.18. The number of anilines is 2. The molecule has 162 valence electrons. The van der Waals surface area contributed by atoms with Crippen LogP contribution in [0.25, 0.3) is 16.9 Å². The molecule has 3 aromatic heterocycles. The molecule has 32 heavy (non-hydrogen) atoms. The van der Waals surface area contributed by atoms with E-state index >= 15 is 0 Å². The molecule has 0 atom stereocenters. The van der Waals surface area contributed by atoms with Crippen molar-refractivity contribution in [2.45, 2.75) is 0 Å². The van der Waals surface area contributed by atoms with E-state index in [2.05, 4.69) is 36.0 Å². The Balaban J connectivity index is 1.69. The number of rotatable bonds is 4. The highest BCUT2D eigenvalue weighted by atomic mass is 79.9. The van der Waals surface area contributed by atoms with Gasteiger partial charge < -0.3 is 9.64 Å². The van der Waals surface area contributed by atoms with Crippen LogP contribution in [0.15, 0.2) is 65.5 Å². The number of pyridine rings is 2. The van der Waals surface area contributed by atoms with Gasteiger partial charge in [0.2, 0.25) is 0 Å². The smallest absolute Gasteiger partial charge is 0.412 e. The first-order valence-electron chi connectivity index (χ1n) is 9.39. The topological polar surface area (TPSA) is 88.8 Å². The van der Waals surface area contributed by atoms with Crippen LogP contribution in [0.3, 0.4) is 0 Å². The van der Waals surface area contributed by atoms with Crippen LogP contribution in [0.5, 0.6) is 0 Å². The van der Waals surface area contributed by atoms with Crippen molar-refractivity contribution in [3.05, 3.63) is 76.9 Å². The van der Waals surface area contributed by atoms with Gasteiger partial charge in [0.25, 0.3) is 5.91 Å². The van der Waals surface area contributed by atoms with E-state index in [1.54, 1.807) is 60.4 Å². The lowest BCUT2D eigenvalue weighted by atomic mass is 10.2. The van der Waals surface area contributed by atoms with E-state index in [1.807, 2.05) is 0 Å². The number of ether oxygens (including phenoxy) is 1. The number of methoxy groups -OCH3 is 1. The average molecular weight is 498 g/mol. The molecule has 0 aliphatic heterocycles. The fraction of sp³-hybridized carbons (Fsp3) is 0.0909. The molecule has 0 unspecified atom stereocenters. The van der Waals surface area contributed by atoms with Crippen LogP contribution in [-0.4, -0.2) is 40.5 Å². The number of nitrogens with one attached hydrogen (secondary N) is 1. The van der Waals surface area contributed by atoms with Gasteiger partial charge in [0.1, 0.15) is 11.6 Å². The predicted molar refractivity (Wildman–Crippen MR) is 121 cm³/mol. The minimum atomic E-state index is -0.614. The van der Waals surface area contributed by atoms with Gasteiger partial charge in [-0.2, -0.15) is 0 Å². The third kappa shape index (κ3) is 4.17. The summed E-state index contributed by atoms with van der Waals surface area (Å²) < 4.78 is 20.2. The van der Waals surface area contributed by atoms with E-state index < -0.39 is 6.09 Å². The standard InChI is InChI=1S/C22H17BrFN5O3/c1-28(16-6-4-15(24)5-7-16)21(30)14-9-17(23)20-26-11-18(29(20)12-14)13-3-8-19(25-10-13)27-22(31)32-2/h3-12H,1-2H3,(H,25,27,31).